The van der Waals surface area contributed by atoms with Crippen molar-refractivity contribution in [3.63, 3.8) is 0 Å². The number of rotatable bonds is 3. The van der Waals surface area contributed by atoms with Crippen LogP contribution in [0.25, 0.3) is 0 Å². The van der Waals surface area contributed by atoms with E-state index in [2.05, 4.69) is 47.8 Å². The topological polar surface area (TPSA) is 43.1 Å². The lowest BCUT2D eigenvalue weighted by Crippen LogP contribution is -2.46. The number of nitro groups is 1. The maximum Gasteiger partial charge on any atom is 0.285 e. The van der Waals surface area contributed by atoms with E-state index >= 15 is 0 Å². The Morgan fingerprint density at radius 3 is 1.75 bits per heavy atom. The minimum atomic E-state index is -1.15. The fourth-order valence-corrected chi connectivity index (χ4v) is 2.21. The van der Waals surface area contributed by atoms with Crippen LogP contribution in [0.4, 0.5) is 0 Å². The van der Waals surface area contributed by atoms with Crippen molar-refractivity contribution in [2.24, 2.45) is 0 Å². The molecule has 0 N–H and O–H groups in total. The molecular weight excluding hydrogens is 358 g/mol. The summed E-state index contributed by atoms with van der Waals surface area (Å²) in [6.07, 6.45) is 0. The normalized spacial score (nSPS) is 19.8. The Balaban J connectivity index is 4.69. The summed E-state index contributed by atoms with van der Waals surface area (Å²) in [4.78, 5) is 9.97. The highest BCUT2D eigenvalue weighted by Crippen LogP contribution is 2.39. The van der Waals surface area contributed by atoms with E-state index in [1.54, 1.807) is 0 Å². The Bertz CT molecular complexity index is 188. The molecule has 0 saturated heterocycles. The Kier molecular flexibility index (Phi) is 4.19. The molecule has 0 heterocycles. The van der Waals surface area contributed by atoms with E-state index in [1.807, 2.05) is 13.8 Å². The molecule has 0 aromatic rings. The van der Waals surface area contributed by atoms with Crippen molar-refractivity contribution >= 4 is 47.8 Å². The van der Waals surface area contributed by atoms with E-state index in [1.165, 1.54) is 6.92 Å². The predicted octanol–water partition coefficient (Wildman–Crippen LogP) is 3.31. The molecule has 12 heavy (non-hydrogen) atoms. The highest BCUT2D eigenvalue weighted by atomic mass is 79.9. The van der Waals surface area contributed by atoms with Crippen LogP contribution in [-0.4, -0.2) is 18.5 Å². The van der Waals surface area contributed by atoms with Gasteiger partial charge in [0.1, 0.15) is 4.83 Å². The standard InChI is InChI=1S/C6H10Br3NO2/c1-5(2,8)4(7)6(3,9)10(11)12/h4H,1-3H3. The van der Waals surface area contributed by atoms with Gasteiger partial charge in [-0.25, -0.2) is 0 Å². The van der Waals surface area contributed by atoms with Crippen LogP contribution in [0.2, 0.25) is 0 Å². The van der Waals surface area contributed by atoms with Gasteiger partial charge in [0.15, 0.2) is 0 Å². The average molecular weight is 368 g/mol. The summed E-state index contributed by atoms with van der Waals surface area (Å²) in [5, 5.41) is 10.6. The van der Waals surface area contributed by atoms with Crippen molar-refractivity contribution in [1.29, 1.82) is 0 Å². The molecule has 6 heteroatoms. The van der Waals surface area contributed by atoms with E-state index in [0.29, 0.717) is 0 Å². The molecule has 0 aromatic carbocycles. The van der Waals surface area contributed by atoms with Crippen molar-refractivity contribution in [2.45, 2.75) is 34.4 Å². The first-order chi connectivity index (χ1) is 5.10. The van der Waals surface area contributed by atoms with Gasteiger partial charge in [-0.05, 0) is 13.8 Å². The summed E-state index contributed by atoms with van der Waals surface area (Å²) >= 11 is 9.72. The highest BCUT2D eigenvalue weighted by molar-refractivity contribution is 9.14. The Labute approximate surface area is 96.8 Å². The second-order valence-electron chi connectivity index (χ2n) is 3.21. The molecular formula is C6H10Br3NO2. The largest absolute Gasteiger partial charge is 0.285 e. The molecule has 72 valence electrons. The summed E-state index contributed by atoms with van der Waals surface area (Å²) < 4.78 is -1.49. The molecule has 0 aliphatic rings. The van der Waals surface area contributed by atoms with Gasteiger partial charge in [0.2, 0.25) is 0 Å². The fraction of sp³-hybridized carbons (Fsp3) is 1.00. The van der Waals surface area contributed by atoms with Crippen LogP contribution in [0, 0.1) is 10.1 Å². The van der Waals surface area contributed by atoms with Gasteiger partial charge in [-0.2, -0.15) is 0 Å². The van der Waals surface area contributed by atoms with E-state index in [4.69, 9.17) is 0 Å². The van der Waals surface area contributed by atoms with Crippen LogP contribution in [0.1, 0.15) is 20.8 Å². The van der Waals surface area contributed by atoms with Gasteiger partial charge >= 0.3 is 0 Å². The molecule has 0 aromatic heterocycles. The van der Waals surface area contributed by atoms with E-state index < -0.39 is 4.45 Å². The van der Waals surface area contributed by atoms with Gasteiger partial charge in [-0.3, -0.25) is 10.1 Å². The predicted molar refractivity (Wildman–Crippen MR) is 60.0 cm³/mol. The van der Waals surface area contributed by atoms with E-state index in [-0.39, 0.29) is 14.1 Å². The SMILES string of the molecule is CC(C)(Br)C(Br)C(C)(Br)[N+](=O)[O-]. The number of hydrogen-bond donors (Lipinski definition) is 0. The smallest absolute Gasteiger partial charge is 0.263 e. The maximum atomic E-state index is 10.6. The second-order valence-corrected chi connectivity index (χ2v) is 7.77. The summed E-state index contributed by atoms with van der Waals surface area (Å²) in [5.41, 5.74) is 0. The quantitative estimate of drug-likeness (QED) is 0.332. The fourth-order valence-electron chi connectivity index (χ4n) is 0.719. The van der Waals surface area contributed by atoms with Gasteiger partial charge in [-0.15, -0.1) is 0 Å². The third-order valence-corrected chi connectivity index (χ3v) is 5.89. The Morgan fingerprint density at radius 1 is 1.33 bits per heavy atom. The average Bonchev–Trinajstić information content (AvgIpc) is 1.83. The third-order valence-electron chi connectivity index (χ3n) is 1.42. The third kappa shape index (κ3) is 2.96. The first-order valence-electron chi connectivity index (χ1n) is 3.26. The summed E-state index contributed by atoms with van der Waals surface area (Å²) in [6.45, 7) is 5.26. The van der Waals surface area contributed by atoms with Crippen molar-refractivity contribution in [2.75, 3.05) is 0 Å². The van der Waals surface area contributed by atoms with Crippen LogP contribution in [0.5, 0.6) is 0 Å². The lowest BCUT2D eigenvalue weighted by molar-refractivity contribution is -0.530. The first-order valence-corrected chi connectivity index (χ1v) is 5.76. The molecule has 2 atom stereocenters. The van der Waals surface area contributed by atoms with Crippen molar-refractivity contribution < 1.29 is 4.92 Å². The van der Waals surface area contributed by atoms with Crippen LogP contribution in [-0.2, 0) is 0 Å². The number of alkyl halides is 3. The van der Waals surface area contributed by atoms with Crippen molar-refractivity contribution in [1.82, 2.24) is 0 Å². The number of hydrogen-bond acceptors (Lipinski definition) is 2. The molecule has 0 amide bonds. The minimum absolute atomic E-state index is 0.299. The highest BCUT2D eigenvalue weighted by Gasteiger charge is 2.48. The molecule has 0 aliphatic heterocycles. The van der Waals surface area contributed by atoms with Gasteiger partial charge in [0, 0.05) is 32.1 Å². The van der Waals surface area contributed by atoms with Crippen LogP contribution in [0.15, 0.2) is 0 Å². The van der Waals surface area contributed by atoms with Gasteiger partial charge < -0.3 is 0 Å². The maximum absolute atomic E-state index is 10.6. The minimum Gasteiger partial charge on any atom is -0.263 e. The van der Waals surface area contributed by atoms with Crippen molar-refractivity contribution in [3.8, 4) is 0 Å². The van der Waals surface area contributed by atoms with Crippen molar-refractivity contribution in [3.05, 3.63) is 10.1 Å². The molecule has 2 unspecified atom stereocenters. The summed E-state index contributed by atoms with van der Waals surface area (Å²) in [7, 11) is 0. The molecule has 0 aliphatic carbocycles. The lowest BCUT2D eigenvalue weighted by atomic mass is 10.1. The lowest BCUT2D eigenvalue weighted by Gasteiger charge is -2.29. The zero-order valence-electron chi connectivity index (χ0n) is 6.97. The molecule has 3 nitrogen and oxygen atoms in total. The van der Waals surface area contributed by atoms with Gasteiger partial charge in [-0.1, -0.05) is 31.9 Å². The number of halogens is 3. The number of nitrogens with zero attached hydrogens (tertiary/aromatic N) is 1. The van der Waals surface area contributed by atoms with Crippen LogP contribution >= 0.6 is 47.8 Å². The van der Waals surface area contributed by atoms with Gasteiger partial charge in [0.05, 0.1) is 0 Å². The molecule has 0 saturated carbocycles. The molecule has 0 radical (unpaired) electrons. The van der Waals surface area contributed by atoms with Crippen LogP contribution < -0.4 is 0 Å². The molecule has 0 bridgehead atoms. The summed E-state index contributed by atoms with van der Waals surface area (Å²) in [5.74, 6) is 0. The molecule has 0 fully saturated rings. The molecule has 0 rings (SSSR count). The molecule has 0 spiro atoms. The first kappa shape index (κ1) is 12.8. The van der Waals surface area contributed by atoms with E-state index in [9.17, 15) is 10.1 Å². The monoisotopic (exact) mass is 365 g/mol. The van der Waals surface area contributed by atoms with E-state index in [0.717, 1.165) is 0 Å². The Morgan fingerprint density at radius 2 is 1.67 bits per heavy atom. The second kappa shape index (κ2) is 3.92. The zero-order chi connectivity index (χ0) is 10.2. The van der Waals surface area contributed by atoms with Gasteiger partial charge in [0.25, 0.3) is 4.45 Å². The summed E-state index contributed by atoms with van der Waals surface area (Å²) in [6, 6.07) is 0. The Hall–Kier alpha value is 0.840. The zero-order valence-corrected chi connectivity index (χ0v) is 11.7. The van der Waals surface area contributed by atoms with Crippen LogP contribution in [0.3, 0.4) is 0 Å².